The molecule has 0 aliphatic rings. The van der Waals surface area contributed by atoms with Gasteiger partial charge in [-0.05, 0) is 42.9 Å². The maximum absolute atomic E-state index is 12.0. The topological polar surface area (TPSA) is 125 Å². The Morgan fingerprint density at radius 3 is 2.57 bits per heavy atom. The number of amides is 2. The Balaban J connectivity index is 2.34. The molecule has 4 N–H and O–H groups in total. The van der Waals surface area contributed by atoms with Crippen LogP contribution in [0.3, 0.4) is 0 Å². The molecule has 1 rings (SSSR count). The number of carbonyl (C=O) groups is 3. The van der Waals surface area contributed by atoms with E-state index >= 15 is 0 Å². The third kappa shape index (κ3) is 10.5. The van der Waals surface area contributed by atoms with Crippen molar-refractivity contribution in [1.82, 2.24) is 10.6 Å². The Labute approximate surface area is 165 Å². The first-order valence-corrected chi connectivity index (χ1v) is 9.43. The lowest BCUT2D eigenvalue weighted by Crippen LogP contribution is -2.39. The number of unbranched alkanes of at least 4 members (excludes halogenated alkanes) is 1. The molecule has 1 aromatic rings. The van der Waals surface area contributed by atoms with Crippen molar-refractivity contribution >= 4 is 17.8 Å². The molecule has 0 spiro atoms. The Morgan fingerprint density at radius 2 is 1.89 bits per heavy atom. The van der Waals surface area contributed by atoms with Crippen LogP contribution in [0.5, 0.6) is 5.75 Å². The quantitative estimate of drug-likeness (QED) is 0.291. The maximum Gasteiger partial charge on any atom is 0.305 e. The smallest absolute Gasteiger partial charge is 0.305 e. The SMILES string of the molecule is COC(=O)CCC(CCCCO)CNC(=O)CNC(=O)Cc1cccc(O)c1. The molecule has 2 amide bonds. The number of ether oxygens (including phenoxy) is 1. The van der Waals surface area contributed by atoms with E-state index in [-0.39, 0.29) is 55.4 Å². The van der Waals surface area contributed by atoms with Crippen molar-refractivity contribution in [2.24, 2.45) is 5.92 Å². The minimum absolute atomic E-state index is 0.0740. The highest BCUT2D eigenvalue weighted by Gasteiger charge is 2.14. The highest BCUT2D eigenvalue weighted by Crippen LogP contribution is 2.15. The van der Waals surface area contributed by atoms with Gasteiger partial charge in [-0.25, -0.2) is 0 Å². The molecule has 0 aliphatic carbocycles. The van der Waals surface area contributed by atoms with Crippen molar-refractivity contribution in [3.8, 4) is 5.75 Å². The van der Waals surface area contributed by atoms with Crippen LogP contribution in [-0.4, -0.2) is 54.8 Å². The molecular formula is C20H30N2O6. The fourth-order valence-corrected chi connectivity index (χ4v) is 2.73. The van der Waals surface area contributed by atoms with E-state index in [4.69, 9.17) is 5.11 Å². The van der Waals surface area contributed by atoms with Crippen LogP contribution in [0.4, 0.5) is 0 Å². The molecule has 156 valence electrons. The summed E-state index contributed by atoms with van der Waals surface area (Å²) in [6.07, 6.45) is 3.19. The molecule has 28 heavy (non-hydrogen) atoms. The molecule has 0 saturated heterocycles. The number of esters is 1. The molecule has 0 aromatic heterocycles. The van der Waals surface area contributed by atoms with Crippen LogP contribution >= 0.6 is 0 Å². The number of benzene rings is 1. The van der Waals surface area contributed by atoms with Gasteiger partial charge in [-0.15, -0.1) is 0 Å². The fraction of sp³-hybridized carbons (Fsp3) is 0.550. The first-order valence-electron chi connectivity index (χ1n) is 9.43. The number of phenols is 1. The van der Waals surface area contributed by atoms with E-state index < -0.39 is 0 Å². The second-order valence-electron chi connectivity index (χ2n) is 6.63. The summed E-state index contributed by atoms with van der Waals surface area (Å²) in [6, 6.07) is 6.39. The normalized spacial score (nSPS) is 11.5. The average molecular weight is 394 g/mol. The highest BCUT2D eigenvalue weighted by molar-refractivity contribution is 5.85. The van der Waals surface area contributed by atoms with Gasteiger partial charge in [-0.2, -0.15) is 0 Å². The number of hydrogen-bond acceptors (Lipinski definition) is 6. The zero-order chi connectivity index (χ0) is 20.8. The van der Waals surface area contributed by atoms with Crippen LogP contribution in [0.2, 0.25) is 0 Å². The van der Waals surface area contributed by atoms with E-state index in [0.29, 0.717) is 24.9 Å². The van der Waals surface area contributed by atoms with Gasteiger partial charge in [0.25, 0.3) is 0 Å². The van der Waals surface area contributed by atoms with Gasteiger partial charge in [0.2, 0.25) is 11.8 Å². The number of aliphatic hydroxyl groups is 1. The van der Waals surface area contributed by atoms with E-state index in [1.807, 2.05) is 0 Å². The molecule has 0 radical (unpaired) electrons. The van der Waals surface area contributed by atoms with Gasteiger partial charge >= 0.3 is 5.97 Å². The van der Waals surface area contributed by atoms with Crippen LogP contribution < -0.4 is 10.6 Å². The van der Waals surface area contributed by atoms with Crippen molar-refractivity contribution in [3.63, 3.8) is 0 Å². The van der Waals surface area contributed by atoms with Crippen LogP contribution in [0, 0.1) is 5.92 Å². The number of phenolic OH excluding ortho intramolecular Hbond substituents is 1. The first kappa shape index (κ1) is 23.4. The number of nitrogens with one attached hydrogen (secondary N) is 2. The molecule has 0 saturated carbocycles. The Kier molecular flexibility index (Phi) is 11.3. The summed E-state index contributed by atoms with van der Waals surface area (Å²) < 4.78 is 4.64. The van der Waals surface area contributed by atoms with Gasteiger partial charge in [0.1, 0.15) is 5.75 Å². The number of methoxy groups -OCH3 is 1. The summed E-state index contributed by atoms with van der Waals surface area (Å²) >= 11 is 0. The lowest BCUT2D eigenvalue weighted by Gasteiger charge is -2.17. The predicted molar refractivity (Wildman–Crippen MR) is 104 cm³/mol. The Bertz CT molecular complexity index is 635. The number of aromatic hydroxyl groups is 1. The van der Waals surface area contributed by atoms with Crippen molar-refractivity contribution in [2.75, 3.05) is 26.8 Å². The van der Waals surface area contributed by atoms with Crippen LogP contribution in [-0.2, 0) is 25.5 Å². The third-order valence-corrected chi connectivity index (χ3v) is 4.31. The van der Waals surface area contributed by atoms with Gasteiger partial charge in [0.15, 0.2) is 0 Å². The summed E-state index contributed by atoms with van der Waals surface area (Å²) in [4.78, 5) is 35.2. The molecule has 8 heteroatoms. The average Bonchev–Trinajstić information content (AvgIpc) is 2.67. The van der Waals surface area contributed by atoms with Gasteiger partial charge < -0.3 is 25.6 Å². The molecule has 1 unspecified atom stereocenters. The van der Waals surface area contributed by atoms with Crippen LogP contribution in [0.1, 0.15) is 37.7 Å². The van der Waals surface area contributed by atoms with Crippen LogP contribution in [0.15, 0.2) is 24.3 Å². The Hall–Kier alpha value is -2.61. The summed E-state index contributed by atoms with van der Waals surface area (Å²) in [5, 5.41) is 23.6. The first-order chi connectivity index (χ1) is 13.4. The maximum atomic E-state index is 12.0. The van der Waals surface area contributed by atoms with E-state index in [2.05, 4.69) is 15.4 Å². The lowest BCUT2D eigenvalue weighted by molar-refractivity contribution is -0.141. The van der Waals surface area contributed by atoms with E-state index in [1.165, 1.54) is 19.2 Å². The monoisotopic (exact) mass is 394 g/mol. The number of hydrogen-bond donors (Lipinski definition) is 4. The highest BCUT2D eigenvalue weighted by atomic mass is 16.5. The largest absolute Gasteiger partial charge is 0.508 e. The molecule has 0 bridgehead atoms. The van der Waals surface area contributed by atoms with Gasteiger partial charge in [-0.1, -0.05) is 18.6 Å². The summed E-state index contributed by atoms with van der Waals surface area (Å²) in [5.74, 6) is -0.738. The molecule has 1 atom stereocenters. The minimum Gasteiger partial charge on any atom is -0.508 e. The fourth-order valence-electron chi connectivity index (χ4n) is 2.73. The number of carbonyl (C=O) groups excluding carboxylic acids is 3. The van der Waals surface area contributed by atoms with Crippen molar-refractivity contribution in [1.29, 1.82) is 0 Å². The van der Waals surface area contributed by atoms with Gasteiger partial charge in [-0.3, -0.25) is 14.4 Å². The predicted octanol–water partition coefficient (Wildman–Crippen LogP) is 0.899. The molecule has 1 aromatic carbocycles. The van der Waals surface area contributed by atoms with Crippen molar-refractivity contribution < 1.29 is 29.3 Å². The summed E-state index contributed by atoms with van der Waals surface area (Å²) in [7, 11) is 1.34. The van der Waals surface area contributed by atoms with Crippen molar-refractivity contribution in [2.45, 2.75) is 38.5 Å². The second-order valence-corrected chi connectivity index (χ2v) is 6.63. The minimum atomic E-state index is -0.314. The van der Waals surface area contributed by atoms with E-state index in [9.17, 15) is 19.5 Å². The van der Waals surface area contributed by atoms with E-state index in [0.717, 1.165) is 12.8 Å². The number of rotatable bonds is 13. The summed E-state index contributed by atoms with van der Waals surface area (Å²) in [6.45, 7) is 0.364. The van der Waals surface area contributed by atoms with E-state index in [1.54, 1.807) is 12.1 Å². The Morgan fingerprint density at radius 1 is 1.11 bits per heavy atom. The molecular weight excluding hydrogens is 364 g/mol. The molecule has 8 nitrogen and oxygen atoms in total. The molecule has 0 heterocycles. The zero-order valence-corrected chi connectivity index (χ0v) is 16.3. The summed E-state index contributed by atoms with van der Waals surface area (Å²) in [5.41, 5.74) is 0.657. The lowest BCUT2D eigenvalue weighted by atomic mass is 9.96. The standard InChI is InChI=1S/C20H30N2O6/c1-28-20(27)9-8-15(5-2-3-10-23)13-21-19(26)14-22-18(25)12-16-6-4-7-17(24)11-16/h4,6-7,11,15,23-24H,2-3,5,8-10,12-14H2,1H3,(H,21,26)(H,22,25). The van der Waals surface area contributed by atoms with Crippen molar-refractivity contribution in [3.05, 3.63) is 29.8 Å². The molecule has 0 fully saturated rings. The second kappa shape index (κ2) is 13.5. The van der Waals surface area contributed by atoms with Gasteiger partial charge in [0.05, 0.1) is 20.1 Å². The number of aliphatic hydroxyl groups excluding tert-OH is 1. The molecule has 0 aliphatic heterocycles. The van der Waals surface area contributed by atoms with Crippen LogP contribution in [0.25, 0.3) is 0 Å². The van der Waals surface area contributed by atoms with Gasteiger partial charge in [0, 0.05) is 19.6 Å². The zero-order valence-electron chi connectivity index (χ0n) is 16.3. The third-order valence-electron chi connectivity index (χ3n) is 4.31.